The molecule has 98 valence electrons. The number of aromatic hydroxyl groups is 1. The molecule has 0 fully saturated rings. The van der Waals surface area contributed by atoms with Crippen LogP contribution in [0.15, 0.2) is 53.4 Å². The van der Waals surface area contributed by atoms with Gasteiger partial charge in [-0.2, -0.15) is 0 Å². The average Bonchev–Trinajstić information content (AvgIpc) is 2.41. The van der Waals surface area contributed by atoms with Crippen molar-refractivity contribution in [2.45, 2.75) is 11.3 Å². The zero-order chi connectivity index (χ0) is 13.7. The molecule has 0 unspecified atom stereocenters. The zero-order valence-electron chi connectivity index (χ0n) is 10.3. The van der Waals surface area contributed by atoms with Crippen LogP contribution >= 0.6 is 12.6 Å². The van der Waals surface area contributed by atoms with Gasteiger partial charge in [0.15, 0.2) is 0 Å². The highest BCUT2D eigenvalue weighted by atomic mass is 32.1. The molecule has 19 heavy (non-hydrogen) atoms. The summed E-state index contributed by atoms with van der Waals surface area (Å²) in [6.45, 7) is 0.547. The van der Waals surface area contributed by atoms with Crippen LogP contribution in [0.5, 0.6) is 5.75 Å². The fourth-order valence-electron chi connectivity index (χ4n) is 1.74. The summed E-state index contributed by atoms with van der Waals surface area (Å²) in [5.74, 6) is 0.126. The van der Waals surface area contributed by atoms with Gasteiger partial charge in [0.1, 0.15) is 5.75 Å². The molecule has 0 spiro atoms. The van der Waals surface area contributed by atoms with Gasteiger partial charge in [-0.1, -0.05) is 24.3 Å². The van der Waals surface area contributed by atoms with Crippen molar-refractivity contribution in [3.8, 4) is 5.75 Å². The summed E-state index contributed by atoms with van der Waals surface area (Å²) in [4.78, 5) is 12.6. The molecule has 2 aromatic carbocycles. The van der Waals surface area contributed by atoms with Gasteiger partial charge in [0.25, 0.3) is 5.91 Å². The van der Waals surface area contributed by atoms with Crippen LogP contribution in [0.25, 0.3) is 0 Å². The Bertz CT molecular complexity index is 567. The molecular weight excluding hydrogens is 258 g/mol. The van der Waals surface area contributed by atoms with Gasteiger partial charge in [0, 0.05) is 11.4 Å². The lowest BCUT2D eigenvalue weighted by molar-refractivity contribution is 0.0951. The number of thiol groups is 1. The van der Waals surface area contributed by atoms with Crippen LogP contribution in [0.2, 0.25) is 0 Å². The lowest BCUT2D eigenvalue weighted by Gasteiger charge is -2.07. The van der Waals surface area contributed by atoms with E-state index in [0.29, 0.717) is 17.0 Å². The van der Waals surface area contributed by atoms with E-state index in [1.807, 2.05) is 24.3 Å². The van der Waals surface area contributed by atoms with Crippen molar-refractivity contribution < 1.29 is 9.90 Å². The monoisotopic (exact) mass is 273 g/mol. The average molecular weight is 273 g/mol. The Hall–Kier alpha value is -1.94. The highest BCUT2D eigenvalue weighted by Gasteiger charge is 2.07. The van der Waals surface area contributed by atoms with Gasteiger partial charge in [0.05, 0.1) is 5.56 Å². The molecule has 0 heterocycles. The molecular formula is C15H15NO2S. The fraction of sp³-hybridized carbons (Fsp3) is 0.133. The molecule has 4 heteroatoms. The Morgan fingerprint density at radius 1 is 1.11 bits per heavy atom. The first-order chi connectivity index (χ1) is 9.16. The Labute approximate surface area is 117 Å². The maximum absolute atomic E-state index is 11.9. The van der Waals surface area contributed by atoms with E-state index < -0.39 is 0 Å². The second-order valence-corrected chi connectivity index (χ2v) is 4.67. The number of amides is 1. The van der Waals surface area contributed by atoms with Gasteiger partial charge in [-0.05, 0) is 36.2 Å². The summed E-state index contributed by atoms with van der Waals surface area (Å²) in [7, 11) is 0. The molecule has 0 aromatic heterocycles. The van der Waals surface area contributed by atoms with Crippen LogP contribution in [0.4, 0.5) is 0 Å². The standard InChI is InChI=1S/C15H15NO2S/c17-12-7-5-11(6-8-12)9-10-16-15(18)13-3-1-2-4-14(13)19/h1-8,17,19H,9-10H2,(H,16,18). The minimum atomic E-state index is -0.121. The van der Waals surface area contributed by atoms with E-state index in [1.54, 1.807) is 24.3 Å². The normalized spacial score (nSPS) is 10.2. The van der Waals surface area contributed by atoms with Crippen molar-refractivity contribution in [3.05, 3.63) is 59.7 Å². The van der Waals surface area contributed by atoms with Crippen molar-refractivity contribution in [2.24, 2.45) is 0 Å². The topological polar surface area (TPSA) is 49.3 Å². The first-order valence-electron chi connectivity index (χ1n) is 6.01. The van der Waals surface area contributed by atoms with Gasteiger partial charge in [-0.25, -0.2) is 0 Å². The van der Waals surface area contributed by atoms with Gasteiger partial charge < -0.3 is 10.4 Å². The van der Waals surface area contributed by atoms with E-state index in [9.17, 15) is 9.90 Å². The van der Waals surface area contributed by atoms with Crippen LogP contribution in [-0.4, -0.2) is 17.6 Å². The van der Waals surface area contributed by atoms with Crippen molar-refractivity contribution in [1.82, 2.24) is 5.32 Å². The first kappa shape index (κ1) is 13.5. The smallest absolute Gasteiger partial charge is 0.252 e. The second kappa shape index (κ2) is 6.29. The Kier molecular flexibility index (Phi) is 4.47. The van der Waals surface area contributed by atoms with E-state index >= 15 is 0 Å². The molecule has 0 radical (unpaired) electrons. The number of phenols is 1. The highest BCUT2D eigenvalue weighted by Crippen LogP contribution is 2.13. The molecule has 0 bridgehead atoms. The maximum atomic E-state index is 11.9. The molecule has 0 aliphatic heterocycles. The van der Waals surface area contributed by atoms with E-state index in [1.165, 1.54) is 0 Å². The first-order valence-corrected chi connectivity index (χ1v) is 6.45. The number of nitrogens with one attached hydrogen (secondary N) is 1. The van der Waals surface area contributed by atoms with Crippen LogP contribution in [-0.2, 0) is 6.42 Å². The SMILES string of the molecule is O=C(NCCc1ccc(O)cc1)c1ccccc1S. The second-order valence-electron chi connectivity index (χ2n) is 4.19. The molecule has 0 aliphatic rings. The highest BCUT2D eigenvalue weighted by molar-refractivity contribution is 7.80. The third-order valence-electron chi connectivity index (χ3n) is 2.78. The number of benzene rings is 2. The fourth-order valence-corrected chi connectivity index (χ4v) is 2.01. The Morgan fingerprint density at radius 2 is 1.79 bits per heavy atom. The third kappa shape index (κ3) is 3.76. The van der Waals surface area contributed by atoms with E-state index in [-0.39, 0.29) is 11.7 Å². The van der Waals surface area contributed by atoms with Crippen molar-refractivity contribution in [2.75, 3.05) is 6.54 Å². The van der Waals surface area contributed by atoms with Crippen LogP contribution in [0.1, 0.15) is 15.9 Å². The Morgan fingerprint density at radius 3 is 2.47 bits per heavy atom. The predicted octanol–water partition coefficient (Wildman–Crippen LogP) is 2.65. The van der Waals surface area contributed by atoms with E-state index in [4.69, 9.17) is 0 Å². The molecule has 0 saturated carbocycles. The van der Waals surface area contributed by atoms with Gasteiger partial charge in [0.2, 0.25) is 0 Å². The minimum absolute atomic E-state index is 0.121. The van der Waals surface area contributed by atoms with Gasteiger partial charge >= 0.3 is 0 Å². The number of phenolic OH excluding ortho intramolecular Hbond substituents is 1. The molecule has 0 aliphatic carbocycles. The summed E-state index contributed by atoms with van der Waals surface area (Å²) in [5.41, 5.74) is 1.65. The Balaban J connectivity index is 1.88. The van der Waals surface area contributed by atoms with Crippen molar-refractivity contribution in [1.29, 1.82) is 0 Å². The molecule has 3 nitrogen and oxygen atoms in total. The summed E-state index contributed by atoms with van der Waals surface area (Å²) < 4.78 is 0. The number of rotatable bonds is 4. The zero-order valence-corrected chi connectivity index (χ0v) is 11.2. The summed E-state index contributed by atoms with van der Waals surface area (Å²) in [5, 5.41) is 12.0. The molecule has 2 N–H and O–H groups in total. The number of hydrogen-bond donors (Lipinski definition) is 3. The lowest BCUT2D eigenvalue weighted by Crippen LogP contribution is -2.26. The van der Waals surface area contributed by atoms with Gasteiger partial charge in [-0.3, -0.25) is 4.79 Å². The number of hydrogen-bond acceptors (Lipinski definition) is 3. The molecule has 0 atom stereocenters. The van der Waals surface area contributed by atoms with E-state index in [0.717, 1.165) is 12.0 Å². The lowest BCUT2D eigenvalue weighted by atomic mass is 10.1. The van der Waals surface area contributed by atoms with Crippen molar-refractivity contribution >= 4 is 18.5 Å². The largest absolute Gasteiger partial charge is 0.508 e. The van der Waals surface area contributed by atoms with Crippen LogP contribution in [0, 0.1) is 0 Å². The number of carbonyl (C=O) groups is 1. The third-order valence-corrected chi connectivity index (χ3v) is 3.17. The molecule has 0 saturated heterocycles. The molecule has 2 aromatic rings. The summed E-state index contributed by atoms with van der Waals surface area (Å²) in [6, 6.07) is 14.2. The molecule has 1 amide bonds. The van der Waals surface area contributed by atoms with Crippen LogP contribution < -0.4 is 5.32 Å². The maximum Gasteiger partial charge on any atom is 0.252 e. The summed E-state index contributed by atoms with van der Waals surface area (Å²) >= 11 is 4.25. The number of carbonyl (C=O) groups excluding carboxylic acids is 1. The van der Waals surface area contributed by atoms with E-state index in [2.05, 4.69) is 17.9 Å². The molecule has 2 rings (SSSR count). The quantitative estimate of drug-likeness (QED) is 0.750. The van der Waals surface area contributed by atoms with Gasteiger partial charge in [-0.15, -0.1) is 12.6 Å². The summed E-state index contributed by atoms with van der Waals surface area (Å²) in [6.07, 6.45) is 0.723. The predicted molar refractivity (Wildman–Crippen MR) is 77.8 cm³/mol. The minimum Gasteiger partial charge on any atom is -0.508 e. The van der Waals surface area contributed by atoms with Crippen molar-refractivity contribution in [3.63, 3.8) is 0 Å². The van der Waals surface area contributed by atoms with Crippen LogP contribution in [0.3, 0.4) is 0 Å².